The molecule has 19 heavy (non-hydrogen) atoms. The molecule has 0 aromatic carbocycles. The molecule has 0 aliphatic carbocycles. The summed E-state index contributed by atoms with van der Waals surface area (Å²) in [6.07, 6.45) is 0. The highest BCUT2D eigenvalue weighted by atomic mass is 32.2. The zero-order valence-corrected chi connectivity index (χ0v) is 13.1. The van der Waals surface area contributed by atoms with Crippen LogP contribution in [0.25, 0.3) is 0 Å². The summed E-state index contributed by atoms with van der Waals surface area (Å²) in [6.45, 7) is 10.5. The maximum atomic E-state index is 10.9. The molecule has 9 heteroatoms. The third-order valence-corrected chi connectivity index (χ3v) is 5.59. The van der Waals surface area contributed by atoms with Crippen LogP contribution in [-0.4, -0.2) is 40.5 Å². The van der Waals surface area contributed by atoms with Crippen LogP contribution in [0.1, 0.15) is 34.6 Å². The molecule has 4 nitrogen and oxygen atoms in total. The second-order valence-corrected chi connectivity index (χ2v) is 8.80. The summed E-state index contributed by atoms with van der Waals surface area (Å²) < 4.78 is 58.9. The lowest BCUT2D eigenvalue weighted by molar-refractivity contribution is -0.114. The van der Waals surface area contributed by atoms with Gasteiger partial charge in [0, 0.05) is 0 Å². The van der Waals surface area contributed by atoms with E-state index in [2.05, 4.69) is 27.7 Å². The molecule has 0 aliphatic heterocycles. The van der Waals surface area contributed by atoms with Crippen molar-refractivity contribution in [1.82, 2.24) is 0 Å². The standard InChI is InChI=1S/C9H19OS.CHF3O3S/c1-7(2)11(8(3)4)6-9(5)10;2-1(3,4)8(5,6)7/h7-8H,6H2,1-5H3;(H,5,6,7)/q+1;/p-1. The molecule has 0 spiro atoms. The number of alkyl halides is 3. The number of hydrogen-bond acceptors (Lipinski definition) is 4. The van der Waals surface area contributed by atoms with Crippen molar-refractivity contribution in [3.05, 3.63) is 0 Å². The van der Waals surface area contributed by atoms with Crippen molar-refractivity contribution >= 4 is 26.8 Å². The molecule has 0 bridgehead atoms. The topological polar surface area (TPSA) is 74.3 Å². The molecular formula is C10H19F3O4S2. The monoisotopic (exact) mass is 324 g/mol. The van der Waals surface area contributed by atoms with Gasteiger partial charge in [-0.1, -0.05) is 0 Å². The Balaban J connectivity index is 0. The van der Waals surface area contributed by atoms with Gasteiger partial charge in [-0.3, -0.25) is 4.79 Å². The van der Waals surface area contributed by atoms with E-state index in [1.165, 1.54) is 0 Å². The highest BCUT2D eigenvalue weighted by molar-refractivity contribution is 7.98. The number of carbonyl (C=O) groups is 1. The van der Waals surface area contributed by atoms with Gasteiger partial charge in [0.15, 0.2) is 21.7 Å². The Morgan fingerprint density at radius 3 is 1.47 bits per heavy atom. The van der Waals surface area contributed by atoms with Gasteiger partial charge < -0.3 is 4.55 Å². The van der Waals surface area contributed by atoms with Gasteiger partial charge in [-0.05, 0) is 45.5 Å². The summed E-state index contributed by atoms with van der Waals surface area (Å²) in [5.41, 5.74) is -5.65. The van der Waals surface area contributed by atoms with Crippen LogP contribution in [0.5, 0.6) is 0 Å². The molecule has 0 radical (unpaired) electrons. The van der Waals surface area contributed by atoms with Crippen molar-refractivity contribution in [1.29, 1.82) is 0 Å². The SMILES string of the molecule is CC(=O)C[S+](C(C)C)C(C)C.O=S(=O)([O-])C(F)(F)F. The number of halogens is 3. The van der Waals surface area contributed by atoms with E-state index in [1.807, 2.05) is 0 Å². The van der Waals surface area contributed by atoms with Gasteiger partial charge in [0.1, 0.15) is 10.5 Å². The maximum Gasteiger partial charge on any atom is 0.485 e. The summed E-state index contributed by atoms with van der Waals surface area (Å²) in [5, 5.41) is 1.30. The first kappa shape index (κ1) is 21.0. The van der Waals surface area contributed by atoms with E-state index in [1.54, 1.807) is 6.92 Å². The lowest BCUT2D eigenvalue weighted by Crippen LogP contribution is -2.30. The van der Waals surface area contributed by atoms with Crippen molar-refractivity contribution in [2.45, 2.75) is 50.6 Å². The Bertz CT molecular complexity index is 367. The van der Waals surface area contributed by atoms with E-state index in [0.29, 0.717) is 27.2 Å². The van der Waals surface area contributed by atoms with Crippen LogP contribution in [0.2, 0.25) is 0 Å². The predicted octanol–water partition coefficient (Wildman–Crippen LogP) is 2.06. The molecule has 0 saturated heterocycles. The van der Waals surface area contributed by atoms with Crippen LogP contribution in [0.3, 0.4) is 0 Å². The van der Waals surface area contributed by atoms with Gasteiger partial charge in [0.2, 0.25) is 0 Å². The molecule has 0 rings (SSSR count). The van der Waals surface area contributed by atoms with Crippen LogP contribution >= 0.6 is 0 Å². The fourth-order valence-corrected chi connectivity index (χ4v) is 3.34. The predicted molar refractivity (Wildman–Crippen MR) is 68.9 cm³/mol. The van der Waals surface area contributed by atoms with Gasteiger partial charge in [-0.2, -0.15) is 13.2 Å². The van der Waals surface area contributed by atoms with E-state index >= 15 is 0 Å². The van der Waals surface area contributed by atoms with Gasteiger partial charge in [-0.25, -0.2) is 8.42 Å². The zero-order valence-electron chi connectivity index (χ0n) is 11.4. The van der Waals surface area contributed by atoms with Gasteiger partial charge >= 0.3 is 5.51 Å². The van der Waals surface area contributed by atoms with Gasteiger partial charge in [0.05, 0.1) is 0 Å². The van der Waals surface area contributed by atoms with Crippen LogP contribution < -0.4 is 0 Å². The largest absolute Gasteiger partial charge is 0.741 e. The summed E-state index contributed by atoms with van der Waals surface area (Å²) >= 11 is 0. The van der Waals surface area contributed by atoms with E-state index in [9.17, 15) is 18.0 Å². The highest BCUT2D eigenvalue weighted by Crippen LogP contribution is 2.20. The molecule has 0 aliphatic rings. The molecule has 0 atom stereocenters. The summed E-state index contributed by atoms with van der Waals surface area (Å²) in [7, 11) is -5.80. The normalized spacial score (nSPS) is 12.6. The number of hydrogen-bond donors (Lipinski definition) is 0. The average Bonchev–Trinajstić information content (AvgIpc) is 2.10. The van der Waals surface area contributed by atoms with Crippen LogP contribution in [0.4, 0.5) is 13.2 Å². The molecule has 0 N–H and O–H groups in total. The minimum atomic E-state index is -6.09. The molecular weight excluding hydrogens is 305 g/mol. The number of carbonyl (C=O) groups excluding carboxylic acids is 1. The third-order valence-electron chi connectivity index (χ3n) is 1.86. The minimum Gasteiger partial charge on any atom is -0.741 e. The first-order chi connectivity index (χ1) is 8.20. The first-order valence-corrected chi connectivity index (χ1v) is 8.33. The van der Waals surface area contributed by atoms with Crippen molar-refractivity contribution in [2.75, 3.05) is 5.75 Å². The summed E-state index contributed by atoms with van der Waals surface area (Å²) in [6, 6.07) is 0. The summed E-state index contributed by atoms with van der Waals surface area (Å²) in [5.74, 6) is 1.10. The van der Waals surface area contributed by atoms with Crippen LogP contribution in [-0.2, 0) is 25.8 Å². The Kier molecular flexibility index (Phi) is 8.97. The Labute approximate surface area is 114 Å². The molecule has 116 valence electrons. The zero-order chi connectivity index (χ0) is 16.0. The van der Waals surface area contributed by atoms with E-state index in [0.717, 1.165) is 5.75 Å². The van der Waals surface area contributed by atoms with Crippen molar-refractivity contribution in [2.24, 2.45) is 0 Å². The first-order valence-electron chi connectivity index (χ1n) is 5.40. The van der Waals surface area contributed by atoms with Crippen LogP contribution in [0, 0.1) is 0 Å². The average molecular weight is 324 g/mol. The Morgan fingerprint density at radius 1 is 1.16 bits per heavy atom. The van der Waals surface area contributed by atoms with E-state index in [-0.39, 0.29) is 0 Å². The lowest BCUT2D eigenvalue weighted by atomic mass is 10.5. The van der Waals surface area contributed by atoms with Gasteiger partial charge in [0.25, 0.3) is 0 Å². The molecule has 0 heterocycles. The van der Waals surface area contributed by atoms with E-state index < -0.39 is 15.6 Å². The quantitative estimate of drug-likeness (QED) is 0.451. The smallest absolute Gasteiger partial charge is 0.485 e. The van der Waals surface area contributed by atoms with Crippen LogP contribution in [0.15, 0.2) is 0 Å². The molecule has 0 amide bonds. The lowest BCUT2D eigenvalue weighted by Gasteiger charge is -2.13. The Morgan fingerprint density at radius 2 is 1.42 bits per heavy atom. The Hall–Kier alpha value is -0.280. The molecule has 0 aromatic heterocycles. The number of rotatable bonds is 4. The van der Waals surface area contributed by atoms with Crippen molar-refractivity contribution in [3.8, 4) is 0 Å². The molecule has 0 saturated carbocycles. The van der Waals surface area contributed by atoms with Crippen molar-refractivity contribution < 1.29 is 30.9 Å². The molecule has 0 unspecified atom stereocenters. The minimum absolute atomic E-state index is 0.292. The van der Waals surface area contributed by atoms with E-state index in [4.69, 9.17) is 13.0 Å². The maximum absolute atomic E-state index is 10.9. The second kappa shape index (κ2) is 8.11. The number of ketones is 1. The highest BCUT2D eigenvalue weighted by Gasteiger charge is 2.36. The number of Topliss-reactive ketones (excluding diaryl/α,β-unsaturated/α-hetero) is 1. The second-order valence-electron chi connectivity index (χ2n) is 4.31. The fourth-order valence-electron chi connectivity index (χ4n) is 1.11. The van der Waals surface area contributed by atoms with Crippen molar-refractivity contribution in [3.63, 3.8) is 0 Å². The molecule has 0 fully saturated rings. The summed E-state index contributed by atoms with van der Waals surface area (Å²) in [4.78, 5) is 10.9. The van der Waals surface area contributed by atoms with Gasteiger partial charge in [-0.15, -0.1) is 0 Å². The molecule has 0 aromatic rings. The fraction of sp³-hybridized carbons (Fsp3) is 0.900. The third kappa shape index (κ3) is 10.2.